The third-order valence-corrected chi connectivity index (χ3v) is 4.84. The fourth-order valence-electron chi connectivity index (χ4n) is 2.59. The Balaban J connectivity index is 2.21. The van der Waals surface area contributed by atoms with Crippen LogP contribution in [0.4, 0.5) is 0 Å². The van der Waals surface area contributed by atoms with Gasteiger partial charge in [0.2, 0.25) is 0 Å². The monoisotopic (exact) mass is 342 g/mol. The normalized spacial score (nSPS) is 10.2. The molecule has 2 aromatic carbocycles. The molecule has 2 nitrogen and oxygen atoms in total. The van der Waals surface area contributed by atoms with Gasteiger partial charge in [-0.15, -0.1) is 18.3 Å². The van der Waals surface area contributed by atoms with Crippen molar-refractivity contribution in [3.05, 3.63) is 84.4 Å². The molecule has 0 radical (unpaired) electrons. The highest BCUT2D eigenvalue weighted by molar-refractivity contribution is 7.99. The van der Waals surface area contributed by atoms with Gasteiger partial charge in [-0.2, -0.15) is 5.26 Å². The van der Waals surface area contributed by atoms with Crippen LogP contribution in [0.2, 0.25) is 0 Å². The molecule has 0 N–H and O–H groups in total. The van der Waals surface area contributed by atoms with Crippen LogP contribution >= 0.6 is 11.8 Å². The summed E-state index contributed by atoms with van der Waals surface area (Å²) in [6.07, 6.45) is 1.83. The molecule has 0 atom stereocenters. The van der Waals surface area contributed by atoms with Crippen LogP contribution in [0.5, 0.6) is 0 Å². The lowest BCUT2D eigenvalue weighted by atomic mass is 9.99. The number of benzene rings is 2. The second-order valence-corrected chi connectivity index (χ2v) is 6.69. The summed E-state index contributed by atoms with van der Waals surface area (Å²) in [6, 6.07) is 22.6. The van der Waals surface area contributed by atoms with E-state index in [-0.39, 0.29) is 0 Å². The maximum atomic E-state index is 9.73. The first kappa shape index (κ1) is 17.0. The van der Waals surface area contributed by atoms with Crippen LogP contribution < -0.4 is 0 Å². The Morgan fingerprint density at radius 2 is 1.80 bits per heavy atom. The van der Waals surface area contributed by atoms with Crippen LogP contribution in [-0.2, 0) is 0 Å². The van der Waals surface area contributed by atoms with Crippen LogP contribution in [0.1, 0.15) is 11.1 Å². The lowest BCUT2D eigenvalue weighted by Crippen LogP contribution is -1.96. The van der Waals surface area contributed by atoms with Gasteiger partial charge in [-0.1, -0.05) is 66.2 Å². The molecule has 3 heteroatoms. The van der Waals surface area contributed by atoms with Gasteiger partial charge in [0.25, 0.3) is 0 Å². The largest absolute Gasteiger partial charge is 0.240 e. The predicted molar refractivity (Wildman–Crippen MR) is 105 cm³/mol. The van der Waals surface area contributed by atoms with Crippen LogP contribution in [-0.4, -0.2) is 10.7 Å². The number of pyridine rings is 1. The second-order valence-electron chi connectivity index (χ2n) is 5.68. The van der Waals surface area contributed by atoms with Crippen molar-refractivity contribution in [3.63, 3.8) is 0 Å². The van der Waals surface area contributed by atoms with Crippen molar-refractivity contribution in [1.82, 2.24) is 4.98 Å². The Labute approximate surface area is 152 Å². The average Bonchev–Trinajstić information content (AvgIpc) is 2.67. The van der Waals surface area contributed by atoms with E-state index < -0.39 is 0 Å². The fourth-order valence-corrected chi connectivity index (χ4v) is 3.33. The van der Waals surface area contributed by atoms with Crippen LogP contribution in [0.25, 0.3) is 22.4 Å². The molecule has 1 aromatic heterocycles. The molecule has 0 spiro atoms. The van der Waals surface area contributed by atoms with E-state index >= 15 is 0 Å². The molecule has 0 amide bonds. The summed E-state index contributed by atoms with van der Waals surface area (Å²) in [5.74, 6) is 0.716. The molecule has 0 saturated heterocycles. The molecule has 0 aliphatic heterocycles. The summed E-state index contributed by atoms with van der Waals surface area (Å²) in [4.78, 5) is 4.76. The maximum Gasteiger partial charge on any atom is 0.115 e. The highest BCUT2D eigenvalue weighted by atomic mass is 32.2. The topological polar surface area (TPSA) is 36.7 Å². The molecule has 0 aliphatic rings. The lowest BCUT2D eigenvalue weighted by Gasteiger charge is -2.12. The van der Waals surface area contributed by atoms with Crippen molar-refractivity contribution >= 4 is 11.8 Å². The number of aryl methyl sites for hydroxylation is 1. The summed E-state index contributed by atoms with van der Waals surface area (Å²) in [5, 5.41) is 10.5. The molecule has 25 heavy (non-hydrogen) atoms. The SMILES string of the molecule is C=CCSc1nc(-c2ccc(C)cc2)cc(-c2ccccc2)c1C#N. The van der Waals surface area contributed by atoms with E-state index in [9.17, 15) is 5.26 Å². The van der Waals surface area contributed by atoms with E-state index in [2.05, 4.69) is 43.8 Å². The van der Waals surface area contributed by atoms with E-state index in [0.717, 1.165) is 27.4 Å². The van der Waals surface area contributed by atoms with Gasteiger partial charge < -0.3 is 0 Å². The standard InChI is InChI=1S/C22H18N2S/c1-3-13-25-22-20(15-23)19(17-7-5-4-6-8-17)14-21(24-22)18-11-9-16(2)10-12-18/h3-12,14H,1,13H2,2H3. The molecular formula is C22H18N2S. The molecule has 0 aliphatic carbocycles. The number of hydrogen-bond acceptors (Lipinski definition) is 3. The van der Waals surface area contributed by atoms with Crippen molar-refractivity contribution in [1.29, 1.82) is 5.26 Å². The van der Waals surface area contributed by atoms with Gasteiger partial charge in [-0.05, 0) is 18.6 Å². The van der Waals surface area contributed by atoms with Gasteiger partial charge in [0.05, 0.1) is 11.3 Å². The van der Waals surface area contributed by atoms with Gasteiger partial charge in [-0.25, -0.2) is 4.98 Å². The lowest BCUT2D eigenvalue weighted by molar-refractivity contribution is 1.12. The number of aromatic nitrogens is 1. The van der Waals surface area contributed by atoms with Gasteiger partial charge in [0, 0.05) is 16.9 Å². The molecule has 0 fully saturated rings. The van der Waals surface area contributed by atoms with E-state index in [1.807, 2.05) is 42.5 Å². The number of nitriles is 1. The molecule has 3 aromatic rings. The van der Waals surface area contributed by atoms with Gasteiger partial charge in [0.1, 0.15) is 11.1 Å². The number of hydrogen-bond donors (Lipinski definition) is 0. The molecule has 122 valence electrons. The highest BCUT2D eigenvalue weighted by Crippen LogP contribution is 2.34. The summed E-state index contributed by atoms with van der Waals surface area (Å²) in [6.45, 7) is 5.84. The minimum Gasteiger partial charge on any atom is -0.240 e. The van der Waals surface area contributed by atoms with Crippen molar-refractivity contribution in [3.8, 4) is 28.5 Å². The first-order chi connectivity index (χ1) is 12.2. The zero-order chi connectivity index (χ0) is 17.6. The number of thioether (sulfide) groups is 1. The molecule has 0 bridgehead atoms. The number of rotatable bonds is 5. The first-order valence-corrected chi connectivity index (χ1v) is 9.03. The minimum absolute atomic E-state index is 0.619. The summed E-state index contributed by atoms with van der Waals surface area (Å²) in [7, 11) is 0. The Kier molecular flexibility index (Phi) is 5.33. The Morgan fingerprint density at radius 1 is 1.08 bits per heavy atom. The molecular weight excluding hydrogens is 324 g/mol. The molecule has 0 saturated carbocycles. The van der Waals surface area contributed by atoms with Crippen molar-refractivity contribution in [2.24, 2.45) is 0 Å². The third-order valence-electron chi connectivity index (χ3n) is 3.87. The molecule has 1 heterocycles. The van der Waals surface area contributed by atoms with E-state index in [0.29, 0.717) is 11.3 Å². The van der Waals surface area contributed by atoms with Crippen LogP contribution in [0.15, 0.2) is 78.3 Å². The predicted octanol–water partition coefficient (Wildman–Crippen LogP) is 5.87. The van der Waals surface area contributed by atoms with Gasteiger partial charge >= 0.3 is 0 Å². The van der Waals surface area contributed by atoms with Gasteiger partial charge in [0.15, 0.2) is 0 Å². The Morgan fingerprint density at radius 3 is 2.44 bits per heavy atom. The molecule has 0 unspecified atom stereocenters. The van der Waals surface area contributed by atoms with E-state index in [1.165, 1.54) is 5.56 Å². The summed E-state index contributed by atoms with van der Waals surface area (Å²) >= 11 is 1.54. The fraction of sp³-hybridized carbons (Fsp3) is 0.0909. The quantitative estimate of drug-likeness (QED) is 0.429. The van der Waals surface area contributed by atoms with Crippen molar-refractivity contribution < 1.29 is 0 Å². The summed E-state index contributed by atoms with van der Waals surface area (Å²) < 4.78 is 0. The summed E-state index contributed by atoms with van der Waals surface area (Å²) in [5.41, 5.74) is 5.70. The molecule has 3 rings (SSSR count). The van der Waals surface area contributed by atoms with Gasteiger partial charge in [-0.3, -0.25) is 0 Å². The average molecular weight is 342 g/mol. The number of nitrogens with zero attached hydrogens (tertiary/aromatic N) is 2. The highest BCUT2D eigenvalue weighted by Gasteiger charge is 2.15. The zero-order valence-electron chi connectivity index (χ0n) is 14.1. The van der Waals surface area contributed by atoms with E-state index in [4.69, 9.17) is 4.98 Å². The first-order valence-electron chi connectivity index (χ1n) is 8.04. The van der Waals surface area contributed by atoms with Crippen LogP contribution in [0, 0.1) is 18.3 Å². The second kappa shape index (κ2) is 7.83. The Hall–Kier alpha value is -2.83. The van der Waals surface area contributed by atoms with Crippen molar-refractivity contribution in [2.45, 2.75) is 11.9 Å². The van der Waals surface area contributed by atoms with Crippen molar-refractivity contribution in [2.75, 3.05) is 5.75 Å². The Bertz CT molecular complexity index is 923. The van der Waals surface area contributed by atoms with Crippen LogP contribution in [0.3, 0.4) is 0 Å². The van der Waals surface area contributed by atoms with E-state index in [1.54, 1.807) is 11.8 Å². The maximum absolute atomic E-state index is 9.73. The smallest absolute Gasteiger partial charge is 0.115 e. The minimum atomic E-state index is 0.619. The zero-order valence-corrected chi connectivity index (χ0v) is 14.9. The third kappa shape index (κ3) is 3.81.